The van der Waals surface area contributed by atoms with Crippen LogP contribution in [-0.4, -0.2) is 38.5 Å². The molecule has 5 rings (SSSR count). The van der Waals surface area contributed by atoms with Gasteiger partial charge < -0.3 is 16.4 Å². The zero-order valence-electron chi connectivity index (χ0n) is 17.0. The van der Waals surface area contributed by atoms with Crippen LogP contribution in [0, 0.1) is 12.3 Å². The zero-order valence-corrected chi connectivity index (χ0v) is 18.6. The maximum Gasteiger partial charge on any atom is 0.211 e. The molecule has 1 saturated heterocycles. The van der Waals surface area contributed by atoms with Crippen molar-refractivity contribution in [2.24, 2.45) is 11.1 Å². The van der Waals surface area contributed by atoms with E-state index in [0.717, 1.165) is 59.4 Å². The van der Waals surface area contributed by atoms with Crippen LogP contribution in [0.2, 0.25) is 5.02 Å². The summed E-state index contributed by atoms with van der Waals surface area (Å²) < 4.78 is 2.07. The lowest BCUT2D eigenvalue weighted by atomic mass is 9.74. The molecule has 1 aliphatic heterocycles. The Balaban J connectivity index is 1.43. The van der Waals surface area contributed by atoms with Crippen LogP contribution < -0.4 is 16.4 Å². The van der Waals surface area contributed by atoms with Crippen molar-refractivity contribution in [1.82, 2.24) is 19.4 Å². The number of pyridine rings is 1. The van der Waals surface area contributed by atoms with Gasteiger partial charge in [-0.2, -0.15) is 0 Å². The van der Waals surface area contributed by atoms with Crippen molar-refractivity contribution in [2.75, 3.05) is 23.7 Å². The van der Waals surface area contributed by atoms with Crippen molar-refractivity contribution in [3.8, 4) is 0 Å². The van der Waals surface area contributed by atoms with Gasteiger partial charge in [0.05, 0.1) is 15.6 Å². The molecule has 0 radical (unpaired) electrons. The molecule has 9 heteroatoms. The van der Waals surface area contributed by atoms with Gasteiger partial charge in [0.1, 0.15) is 5.82 Å². The summed E-state index contributed by atoms with van der Waals surface area (Å²) in [5.74, 6) is 1.39. The fourth-order valence-electron chi connectivity index (χ4n) is 4.97. The highest BCUT2D eigenvalue weighted by atomic mass is 35.5. The van der Waals surface area contributed by atoms with Gasteiger partial charge in [0.25, 0.3) is 0 Å². The quantitative estimate of drug-likeness (QED) is 0.632. The van der Waals surface area contributed by atoms with Gasteiger partial charge in [0, 0.05) is 42.6 Å². The zero-order chi connectivity index (χ0) is 20.9. The minimum atomic E-state index is 0.330. The lowest BCUT2D eigenvalue weighted by molar-refractivity contribution is 0.197. The van der Waals surface area contributed by atoms with Crippen molar-refractivity contribution in [2.45, 2.75) is 54.9 Å². The number of anilines is 2. The number of piperidine rings is 1. The van der Waals surface area contributed by atoms with Crippen molar-refractivity contribution in [3.05, 3.63) is 35.4 Å². The van der Waals surface area contributed by atoms with Crippen LogP contribution in [0.1, 0.15) is 37.8 Å². The number of hydrogen-bond acceptors (Lipinski definition) is 7. The van der Waals surface area contributed by atoms with Gasteiger partial charge in [-0.15, -0.1) is 0 Å². The molecule has 0 bridgehead atoms. The van der Waals surface area contributed by atoms with Crippen LogP contribution in [0.4, 0.5) is 11.8 Å². The Morgan fingerprint density at radius 1 is 1.20 bits per heavy atom. The van der Waals surface area contributed by atoms with Crippen molar-refractivity contribution in [1.29, 1.82) is 0 Å². The fraction of sp³-hybridized carbons (Fsp3) is 0.476. The molecule has 0 amide bonds. The highest BCUT2D eigenvalue weighted by molar-refractivity contribution is 7.99. The smallest absolute Gasteiger partial charge is 0.211 e. The first kappa shape index (κ1) is 19.9. The van der Waals surface area contributed by atoms with E-state index >= 15 is 0 Å². The highest BCUT2D eigenvalue weighted by Crippen LogP contribution is 2.46. The third-order valence-corrected chi connectivity index (χ3v) is 8.36. The van der Waals surface area contributed by atoms with Gasteiger partial charge in [-0.25, -0.2) is 15.0 Å². The number of aromatic nitrogens is 4. The molecule has 7 nitrogen and oxygen atoms in total. The predicted octanol–water partition coefficient (Wildman–Crippen LogP) is 3.92. The third kappa shape index (κ3) is 3.31. The number of hydrogen-bond donors (Lipinski definition) is 2. The van der Waals surface area contributed by atoms with E-state index in [0.29, 0.717) is 22.3 Å². The van der Waals surface area contributed by atoms with Crippen molar-refractivity contribution in [3.63, 3.8) is 0 Å². The molecule has 30 heavy (non-hydrogen) atoms. The molecule has 1 spiro atoms. The van der Waals surface area contributed by atoms with E-state index in [1.54, 1.807) is 6.07 Å². The standard InChI is InChI=1S/C21H26ClN7S/c1-13-18(22)14(11-17(24)27-13)30-15-12-26-20(29-10-7-25-19(15)29)28-8-5-21(6-9-28)4-2-3-16(21)23/h7,10-12,16H,2-6,8-9,23H2,1H3,(H2,24,27)/t16-/m1/s1. The number of aryl methyl sites for hydroxylation is 1. The van der Waals surface area contributed by atoms with Crippen LogP contribution in [0.3, 0.4) is 0 Å². The van der Waals surface area contributed by atoms with Crippen molar-refractivity contribution >= 4 is 40.8 Å². The Bertz CT molecular complexity index is 1090. The van der Waals surface area contributed by atoms with E-state index in [9.17, 15) is 0 Å². The molecule has 4 heterocycles. The number of nitrogens with zero attached hydrogens (tertiary/aromatic N) is 5. The Hall–Kier alpha value is -2.03. The molecular weight excluding hydrogens is 418 g/mol. The van der Waals surface area contributed by atoms with Gasteiger partial charge in [-0.3, -0.25) is 4.40 Å². The summed E-state index contributed by atoms with van der Waals surface area (Å²) in [5.41, 5.74) is 14.3. The first-order valence-electron chi connectivity index (χ1n) is 10.4. The van der Waals surface area contributed by atoms with E-state index in [-0.39, 0.29) is 0 Å². The minimum Gasteiger partial charge on any atom is -0.384 e. The molecule has 2 fully saturated rings. The molecule has 3 aromatic rings. The van der Waals surface area contributed by atoms with Crippen molar-refractivity contribution < 1.29 is 0 Å². The van der Waals surface area contributed by atoms with Gasteiger partial charge in [-0.05, 0) is 44.1 Å². The molecule has 1 atom stereocenters. The van der Waals surface area contributed by atoms with E-state index < -0.39 is 0 Å². The maximum absolute atomic E-state index is 6.46. The normalized spacial score (nSPS) is 21.0. The summed E-state index contributed by atoms with van der Waals surface area (Å²) in [6, 6.07) is 2.14. The van der Waals surface area contributed by atoms with Gasteiger partial charge in [0.2, 0.25) is 5.95 Å². The Labute approximate surface area is 185 Å². The highest BCUT2D eigenvalue weighted by Gasteiger charge is 2.43. The van der Waals surface area contributed by atoms with Gasteiger partial charge >= 0.3 is 0 Å². The van der Waals surface area contributed by atoms with Crippen LogP contribution in [0.5, 0.6) is 0 Å². The number of halogens is 1. The van der Waals surface area contributed by atoms with Crippen LogP contribution in [0.25, 0.3) is 5.65 Å². The average molecular weight is 444 g/mol. The molecule has 158 valence electrons. The molecule has 1 aliphatic carbocycles. The summed E-state index contributed by atoms with van der Waals surface area (Å²) in [6.45, 7) is 3.81. The fourth-order valence-corrected chi connectivity index (χ4v) is 6.19. The summed E-state index contributed by atoms with van der Waals surface area (Å²) in [4.78, 5) is 17.8. The molecule has 3 aromatic heterocycles. The SMILES string of the molecule is Cc1nc(N)cc(Sc2cnc(N3CCC4(CCC[C@H]4N)CC3)n3ccnc23)c1Cl. The largest absolute Gasteiger partial charge is 0.384 e. The molecule has 0 unspecified atom stereocenters. The Morgan fingerprint density at radius 3 is 2.73 bits per heavy atom. The predicted molar refractivity (Wildman–Crippen MR) is 121 cm³/mol. The van der Waals surface area contributed by atoms with Gasteiger partial charge in [-0.1, -0.05) is 29.8 Å². The first-order valence-corrected chi connectivity index (χ1v) is 11.6. The molecule has 1 saturated carbocycles. The summed E-state index contributed by atoms with van der Waals surface area (Å²) >= 11 is 7.97. The Morgan fingerprint density at radius 2 is 2.00 bits per heavy atom. The average Bonchev–Trinajstić information content (AvgIpc) is 3.35. The molecule has 0 aromatic carbocycles. The second kappa shape index (κ2) is 7.59. The summed E-state index contributed by atoms with van der Waals surface area (Å²) in [7, 11) is 0. The van der Waals surface area contributed by atoms with Gasteiger partial charge in [0.15, 0.2) is 5.65 Å². The van der Waals surface area contributed by atoms with E-state index in [1.165, 1.54) is 24.6 Å². The second-order valence-corrected chi connectivity index (χ2v) is 9.90. The lowest BCUT2D eigenvalue weighted by Crippen LogP contribution is -2.47. The van der Waals surface area contributed by atoms with E-state index in [1.807, 2.05) is 25.5 Å². The third-order valence-electron chi connectivity index (χ3n) is 6.72. The number of rotatable bonds is 3. The summed E-state index contributed by atoms with van der Waals surface area (Å²) in [5, 5.41) is 0.609. The number of nitrogens with two attached hydrogens (primary N) is 2. The number of nitrogen functional groups attached to an aromatic ring is 1. The van der Waals surface area contributed by atoms with Crippen LogP contribution in [-0.2, 0) is 0 Å². The van der Waals surface area contributed by atoms with Crippen LogP contribution >= 0.6 is 23.4 Å². The van der Waals surface area contributed by atoms with E-state index in [2.05, 4.69) is 19.3 Å². The van der Waals surface area contributed by atoms with E-state index in [4.69, 9.17) is 28.1 Å². The maximum atomic E-state index is 6.46. The molecular formula is C21H26ClN7S. The number of fused-ring (bicyclic) bond motifs is 1. The molecule has 4 N–H and O–H groups in total. The number of imidazole rings is 1. The minimum absolute atomic E-state index is 0.330. The second-order valence-electron chi connectivity index (χ2n) is 8.44. The monoisotopic (exact) mass is 443 g/mol. The summed E-state index contributed by atoms with van der Waals surface area (Å²) in [6.07, 6.45) is 11.6. The lowest BCUT2D eigenvalue weighted by Gasteiger charge is -2.42. The topological polar surface area (TPSA) is 98.4 Å². The molecule has 2 aliphatic rings. The van der Waals surface area contributed by atoms with Crippen LogP contribution in [0.15, 0.2) is 34.4 Å². The first-order chi connectivity index (χ1) is 14.5. The Kier molecular flexibility index (Phi) is 5.03.